The van der Waals surface area contributed by atoms with Gasteiger partial charge in [-0.15, -0.1) is 0 Å². The third-order valence-corrected chi connectivity index (χ3v) is 3.47. The fourth-order valence-corrected chi connectivity index (χ4v) is 2.13. The predicted molar refractivity (Wildman–Crippen MR) is 64.8 cm³/mol. The highest BCUT2D eigenvalue weighted by Crippen LogP contribution is 2.32. The van der Waals surface area contributed by atoms with Crippen LogP contribution in [0.15, 0.2) is 0 Å². The molecular formula is C12H17N3O4. The Balaban J connectivity index is 1.94. The quantitative estimate of drug-likeness (QED) is 0.548. The van der Waals surface area contributed by atoms with E-state index in [1.165, 1.54) is 0 Å². The number of imide groups is 2. The van der Waals surface area contributed by atoms with Crippen molar-refractivity contribution >= 4 is 23.8 Å². The molecule has 1 heterocycles. The van der Waals surface area contributed by atoms with Gasteiger partial charge in [0.1, 0.15) is 6.54 Å². The molecular weight excluding hydrogens is 250 g/mol. The van der Waals surface area contributed by atoms with E-state index in [4.69, 9.17) is 0 Å². The Morgan fingerprint density at radius 1 is 1.26 bits per heavy atom. The van der Waals surface area contributed by atoms with Crippen molar-refractivity contribution in [3.8, 4) is 0 Å². The third-order valence-electron chi connectivity index (χ3n) is 3.47. The number of hydrogen-bond acceptors (Lipinski definition) is 4. The molecule has 0 aromatic rings. The standard InChI is InChI=1S/C12H17N3O4/c1-3-14-10(17)11(18)15(12(14)19)6-9(16)13-7(2)8-4-5-8/h7-8H,3-6H2,1-2H3,(H,13,16)/t7-/m0/s1. The van der Waals surface area contributed by atoms with Gasteiger partial charge in [0, 0.05) is 12.6 Å². The fourth-order valence-electron chi connectivity index (χ4n) is 2.13. The second kappa shape index (κ2) is 4.99. The van der Waals surface area contributed by atoms with Gasteiger partial charge in [-0.3, -0.25) is 19.3 Å². The maximum absolute atomic E-state index is 11.8. The molecule has 0 unspecified atom stereocenters. The molecule has 1 atom stereocenters. The first kappa shape index (κ1) is 13.5. The van der Waals surface area contributed by atoms with E-state index in [0.717, 1.165) is 17.7 Å². The lowest BCUT2D eigenvalue weighted by Gasteiger charge is -2.16. The zero-order valence-corrected chi connectivity index (χ0v) is 11.0. The van der Waals surface area contributed by atoms with Crippen LogP contribution in [0.3, 0.4) is 0 Å². The minimum Gasteiger partial charge on any atom is -0.352 e. The maximum Gasteiger partial charge on any atom is 0.334 e. The van der Waals surface area contributed by atoms with E-state index in [2.05, 4.69) is 5.32 Å². The molecule has 1 aliphatic heterocycles. The molecule has 0 bridgehead atoms. The highest BCUT2D eigenvalue weighted by atomic mass is 16.2. The summed E-state index contributed by atoms with van der Waals surface area (Å²) in [6.45, 7) is 3.23. The van der Waals surface area contributed by atoms with Gasteiger partial charge >= 0.3 is 17.8 Å². The van der Waals surface area contributed by atoms with Crippen LogP contribution in [-0.2, 0) is 14.4 Å². The average molecular weight is 267 g/mol. The Hall–Kier alpha value is -1.92. The lowest BCUT2D eigenvalue weighted by atomic mass is 10.2. The summed E-state index contributed by atoms with van der Waals surface area (Å²) in [6, 6.07) is -0.676. The molecule has 5 amide bonds. The summed E-state index contributed by atoms with van der Waals surface area (Å²) in [7, 11) is 0. The number of hydrogen-bond donors (Lipinski definition) is 1. The van der Waals surface area contributed by atoms with Crippen molar-refractivity contribution in [3.63, 3.8) is 0 Å². The van der Waals surface area contributed by atoms with E-state index in [-0.39, 0.29) is 12.6 Å². The minimum absolute atomic E-state index is 0.0401. The van der Waals surface area contributed by atoms with E-state index in [9.17, 15) is 19.2 Å². The van der Waals surface area contributed by atoms with Crippen molar-refractivity contribution in [1.29, 1.82) is 0 Å². The van der Waals surface area contributed by atoms with Gasteiger partial charge in [-0.2, -0.15) is 0 Å². The Morgan fingerprint density at radius 3 is 2.32 bits per heavy atom. The van der Waals surface area contributed by atoms with E-state index >= 15 is 0 Å². The predicted octanol–water partition coefficient (Wildman–Crippen LogP) is -0.288. The maximum atomic E-state index is 11.8. The van der Waals surface area contributed by atoms with Gasteiger partial charge in [0.15, 0.2) is 0 Å². The smallest absolute Gasteiger partial charge is 0.334 e. The Kier molecular flexibility index (Phi) is 3.55. The average Bonchev–Trinajstić information content (AvgIpc) is 3.16. The van der Waals surface area contributed by atoms with Crippen molar-refractivity contribution < 1.29 is 19.2 Å². The van der Waals surface area contributed by atoms with E-state index in [1.54, 1.807) is 6.92 Å². The van der Waals surface area contributed by atoms with Crippen LogP contribution >= 0.6 is 0 Å². The number of carbonyl (C=O) groups excluding carboxylic acids is 4. The van der Waals surface area contributed by atoms with Gasteiger partial charge in [-0.1, -0.05) is 0 Å². The Morgan fingerprint density at radius 2 is 1.84 bits per heavy atom. The number of nitrogens with one attached hydrogen (secondary N) is 1. The van der Waals surface area contributed by atoms with E-state index < -0.39 is 30.3 Å². The van der Waals surface area contributed by atoms with E-state index in [0.29, 0.717) is 10.8 Å². The van der Waals surface area contributed by atoms with Gasteiger partial charge in [-0.25, -0.2) is 9.69 Å². The lowest BCUT2D eigenvalue weighted by molar-refractivity contribution is -0.144. The summed E-state index contributed by atoms with van der Waals surface area (Å²) in [5, 5.41) is 2.74. The first-order chi connectivity index (χ1) is 8.95. The number of nitrogens with zero attached hydrogens (tertiary/aromatic N) is 2. The van der Waals surface area contributed by atoms with Gasteiger partial charge in [-0.05, 0) is 32.6 Å². The largest absolute Gasteiger partial charge is 0.352 e. The first-order valence-corrected chi connectivity index (χ1v) is 6.42. The molecule has 7 heteroatoms. The molecule has 1 saturated carbocycles. The summed E-state index contributed by atoms with van der Waals surface area (Å²) in [5.41, 5.74) is 0. The second-order valence-electron chi connectivity index (χ2n) is 4.92. The van der Waals surface area contributed by atoms with Crippen LogP contribution in [0, 0.1) is 5.92 Å². The number of likely N-dealkylation sites (N-methyl/N-ethyl adjacent to an activating group) is 1. The van der Waals surface area contributed by atoms with Crippen molar-refractivity contribution in [1.82, 2.24) is 15.1 Å². The molecule has 0 aromatic heterocycles. The molecule has 19 heavy (non-hydrogen) atoms. The summed E-state index contributed by atoms with van der Waals surface area (Å²) in [5.74, 6) is -1.72. The summed E-state index contributed by atoms with van der Waals surface area (Å²) in [6.07, 6.45) is 2.18. The SMILES string of the molecule is CCN1C(=O)C(=O)N(CC(=O)N[C@@H](C)C2CC2)C1=O. The number of carbonyl (C=O) groups is 4. The van der Waals surface area contributed by atoms with Crippen LogP contribution in [0.25, 0.3) is 0 Å². The molecule has 104 valence electrons. The number of amides is 5. The zero-order chi connectivity index (χ0) is 14.2. The first-order valence-electron chi connectivity index (χ1n) is 6.42. The molecule has 0 spiro atoms. The molecule has 2 aliphatic rings. The van der Waals surface area contributed by atoms with Gasteiger partial charge in [0.05, 0.1) is 0 Å². The summed E-state index contributed by atoms with van der Waals surface area (Å²) in [4.78, 5) is 48.1. The van der Waals surface area contributed by atoms with Gasteiger partial charge in [0.25, 0.3) is 0 Å². The van der Waals surface area contributed by atoms with Gasteiger partial charge < -0.3 is 5.32 Å². The minimum atomic E-state index is -0.930. The van der Waals surface area contributed by atoms with Crippen molar-refractivity contribution in [2.45, 2.75) is 32.7 Å². The van der Waals surface area contributed by atoms with Crippen LogP contribution in [0.4, 0.5) is 4.79 Å². The molecule has 1 saturated heterocycles. The molecule has 0 aromatic carbocycles. The van der Waals surface area contributed by atoms with Crippen LogP contribution in [-0.4, -0.2) is 52.7 Å². The van der Waals surface area contributed by atoms with Crippen molar-refractivity contribution in [2.24, 2.45) is 5.92 Å². The molecule has 0 radical (unpaired) electrons. The molecule has 7 nitrogen and oxygen atoms in total. The van der Waals surface area contributed by atoms with Crippen LogP contribution in [0.2, 0.25) is 0 Å². The van der Waals surface area contributed by atoms with Crippen LogP contribution in [0.1, 0.15) is 26.7 Å². The monoisotopic (exact) mass is 267 g/mol. The van der Waals surface area contributed by atoms with Crippen LogP contribution < -0.4 is 5.32 Å². The lowest BCUT2D eigenvalue weighted by Crippen LogP contribution is -2.44. The van der Waals surface area contributed by atoms with Gasteiger partial charge in [0.2, 0.25) is 5.91 Å². The zero-order valence-electron chi connectivity index (χ0n) is 11.0. The Labute approximate surface area is 110 Å². The summed E-state index contributed by atoms with van der Waals surface area (Å²) < 4.78 is 0. The number of urea groups is 1. The van der Waals surface area contributed by atoms with E-state index in [1.807, 2.05) is 6.92 Å². The fraction of sp³-hybridized carbons (Fsp3) is 0.667. The molecule has 1 aliphatic carbocycles. The highest BCUT2D eigenvalue weighted by molar-refractivity contribution is 6.45. The van der Waals surface area contributed by atoms with Crippen LogP contribution in [0.5, 0.6) is 0 Å². The molecule has 2 fully saturated rings. The molecule has 1 N–H and O–H groups in total. The normalized spacial score (nSPS) is 21.1. The van der Waals surface area contributed by atoms with Crippen molar-refractivity contribution in [3.05, 3.63) is 0 Å². The summed E-state index contributed by atoms with van der Waals surface area (Å²) >= 11 is 0. The van der Waals surface area contributed by atoms with Crippen molar-refractivity contribution in [2.75, 3.05) is 13.1 Å². The molecule has 2 rings (SSSR count). The third kappa shape index (κ3) is 2.59. The second-order valence-corrected chi connectivity index (χ2v) is 4.92. The Bertz CT molecular complexity index is 444. The topological polar surface area (TPSA) is 86.8 Å². The number of rotatable bonds is 5. The highest BCUT2D eigenvalue weighted by Gasteiger charge is 2.44.